The number of likely N-dealkylation sites (N-methyl/N-ethyl adjacent to an activating group) is 1. The van der Waals surface area contributed by atoms with Crippen LogP contribution in [-0.4, -0.2) is 49.6 Å². The van der Waals surface area contributed by atoms with Gasteiger partial charge in [0, 0.05) is 25.2 Å². The second kappa shape index (κ2) is 8.75. The number of esters is 1. The van der Waals surface area contributed by atoms with Crippen LogP contribution < -0.4 is 5.32 Å². The van der Waals surface area contributed by atoms with Crippen LogP contribution in [-0.2, 0) is 14.3 Å². The number of carbonyl (C=O) groups excluding carboxylic acids is 2. The average Bonchev–Trinajstić information content (AvgIpc) is 2.30. The smallest absolute Gasteiger partial charge is 0.334 e. The molecular formula is C12H22N2O3. The highest BCUT2D eigenvalue weighted by Gasteiger charge is 2.11. The SMILES string of the molecule is C=C(CNCC(=O)N(CC)CC)C(=O)OCC. The zero-order valence-electron chi connectivity index (χ0n) is 10.9. The standard InChI is InChI=1S/C12H22N2O3/c1-5-14(6-2)11(15)9-13-8-10(4)12(16)17-7-3/h13H,4-9H2,1-3H3. The minimum absolute atomic E-state index is 0.0201. The summed E-state index contributed by atoms with van der Waals surface area (Å²) in [5.74, 6) is -0.401. The van der Waals surface area contributed by atoms with Crippen LogP contribution in [0.4, 0.5) is 0 Å². The minimum Gasteiger partial charge on any atom is -0.463 e. The van der Waals surface area contributed by atoms with E-state index in [9.17, 15) is 9.59 Å². The number of ether oxygens (including phenoxy) is 1. The molecular weight excluding hydrogens is 220 g/mol. The molecule has 0 bridgehead atoms. The Labute approximate surface area is 103 Å². The van der Waals surface area contributed by atoms with Crippen molar-refractivity contribution >= 4 is 11.9 Å². The Balaban J connectivity index is 3.87. The summed E-state index contributed by atoms with van der Waals surface area (Å²) < 4.78 is 4.78. The summed E-state index contributed by atoms with van der Waals surface area (Å²) in [6.07, 6.45) is 0. The first kappa shape index (κ1) is 15.6. The molecule has 98 valence electrons. The van der Waals surface area contributed by atoms with Crippen molar-refractivity contribution in [3.63, 3.8) is 0 Å². The summed E-state index contributed by atoms with van der Waals surface area (Å²) in [6.45, 7) is 11.4. The molecule has 5 heteroatoms. The lowest BCUT2D eigenvalue weighted by Gasteiger charge is -2.18. The Morgan fingerprint density at radius 1 is 1.18 bits per heavy atom. The number of nitrogens with one attached hydrogen (secondary N) is 1. The van der Waals surface area contributed by atoms with Gasteiger partial charge >= 0.3 is 5.97 Å². The minimum atomic E-state index is -0.421. The predicted molar refractivity (Wildman–Crippen MR) is 66.6 cm³/mol. The number of hydrogen-bond donors (Lipinski definition) is 1. The van der Waals surface area contributed by atoms with Crippen molar-refractivity contribution in [3.8, 4) is 0 Å². The lowest BCUT2D eigenvalue weighted by Crippen LogP contribution is -2.38. The highest BCUT2D eigenvalue weighted by Crippen LogP contribution is 1.93. The summed E-state index contributed by atoms with van der Waals surface area (Å²) in [7, 11) is 0. The summed E-state index contributed by atoms with van der Waals surface area (Å²) >= 11 is 0. The second-order valence-corrected chi connectivity index (χ2v) is 3.49. The highest BCUT2D eigenvalue weighted by atomic mass is 16.5. The maximum Gasteiger partial charge on any atom is 0.334 e. The van der Waals surface area contributed by atoms with Gasteiger partial charge in [0.05, 0.1) is 13.2 Å². The van der Waals surface area contributed by atoms with E-state index in [-0.39, 0.29) is 19.0 Å². The first-order valence-electron chi connectivity index (χ1n) is 5.90. The van der Waals surface area contributed by atoms with Gasteiger partial charge in [0.2, 0.25) is 5.91 Å². The number of hydrogen-bond acceptors (Lipinski definition) is 4. The third-order valence-corrected chi connectivity index (χ3v) is 2.29. The topological polar surface area (TPSA) is 58.6 Å². The molecule has 0 atom stereocenters. The second-order valence-electron chi connectivity index (χ2n) is 3.49. The molecule has 0 aromatic heterocycles. The Bertz CT molecular complexity index is 273. The van der Waals surface area contributed by atoms with Gasteiger partial charge in [-0.15, -0.1) is 0 Å². The molecule has 0 aliphatic heterocycles. The van der Waals surface area contributed by atoms with E-state index in [2.05, 4.69) is 11.9 Å². The summed E-state index contributed by atoms with van der Waals surface area (Å²) in [5.41, 5.74) is 0.333. The summed E-state index contributed by atoms with van der Waals surface area (Å²) in [5, 5.41) is 2.88. The van der Waals surface area contributed by atoms with Gasteiger partial charge in [0.1, 0.15) is 0 Å². The molecule has 0 rings (SSSR count). The third-order valence-electron chi connectivity index (χ3n) is 2.29. The summed E-state index contributed by atoms with van der Waals surface area (Å²) in [4.78, 5) is 24.5. The zero-order chi connectivity index (χ0) is 13.3. The van der Waals surface area contributed by atoms with Gasteiger partial charge in [-0.3, -0.25) is 4.79 Å². The zero-order valence-corrected chi connectivity index (χ0v) is 10.9. The van der Waals surface area contributed by atoms with E-state index in [1.807, 2.05) is 13.8 Å². The maximum atomic E-state index is 11.6. The van der Waals surface area contributed by atoms with Crippen LogP contribution >= 0.6 is 0 Å². The molecule has 0 heterocycles. The van der Waals surface area contributed by atoms with Crippen LogP contribution in [0.1, 0.15) is 20.8 Å². The third kappa shape index (κ3) is 6.06. The van der Waals surface area contributed by atoms with Crippen LogP contribution in [0.2, 0.25) is 0 Å². The van der Waals surface area contributed by atoms with Gasteiger partial charge in [-0.05, 0) is 20.8 Å². The lowest BCUT2D eigenvalue weighted by atomic mass is 10.3. The molecule has 0 radical (unpaired) electrons. The average molecular weight is 242 g/mol. The first-order chi connectivity index (χ1) is 8.06. The molecule has 0 saturated carbocycles. The molecule has 0 unspecified atom stereocenters. The van der Waals surface area contributed by atoms with Gasteiger partial charge in [0.25, 0.3) is 0 Å². The Kier molecular flexibility index (Phi) is 8.05. The number of amides is 1. The first-order valence-corrected chi connectivity index (χ1v) is 5.90. The van der Waals surface area contributed by atoms with E-state index in [1.165, 1.54) is 0 Å². The van der Waals surface area contributed by atoms with E-state index in [0.717, 1.165) is 0 Å². The Morgan fingerprint density at radius 3 is 2.24 bits per heavy atom. The molecule has 0 aromatic rings. The molecule has 17 heavy (non-hydrogen) atoms. The number of nitrogens with zero attached hydrogens (tertiary/aromatic N) is 1. The van der Waals surface area contributed by atoms with E-state index < -0.39 is 5.97 Å². The van der Waals surface area contributed by atoms with Crippen LogP contribution in [0.25, 0.3) is 0 Å². The molecule has 5 nitrogen and oxygen atoms in total. The van der Waals surface area contributed by atoms with E-state index in [1.54, 1.807) is 11.8 Å². The van der Waals surface area contributed by atoms with Gasteiger partial charge in [0.15, 0.2) is 0 Å². The molecule has 0 aliphatic carbocycles. The van der Waals surface area contributed by atoms with Crippen molar-refractivity contribution in [3.05, 3.63) is 12.2 Å². The van der Waals surface area contributed by atoms with E-state index in [0.29, 0.717) is 25.3 Å². The number of rotatable bonds is 8. The molecule has 0 aromatic carbocycles. The Morgan fingerprint density at radius 2 is 1.76 bits per heavy atom. The van der Waals surface area contributed by atoms with Crippen LogP contribution in [0, 0.1) is 0 Å². The fraction of sp³-hybridized carbons (Fsp3) is 0.667. The van der Waals surface area contributed by atoms with Crippen molar-refractivity contribution in [1.29, 1.82) is 0 Å². The fourth-order valence-corrected chi connectivity index (χ4v) is 1.31. The van der Waals surface area contributed by atoms with E-state index >= 15 is 0 Å². The predicted octanol–water partition coefficient (Wildman–Crippen LogP) is 0.564. The molecule has 0 saturated heterocycles. The van der Waals surface area contributed by atoms with Crippen molar-refractivity contribution < 1.29 is 14.3 Å². The Hall–Kier alpha value is -1.36. The quantitative estimate of drug-likeness (QED) is 0.499. The maximum absolute atomic E-state index is 11.6. The van der Waals surface area contributed by atoms with Gasteiger partial charge in [-0.25, -0.2) is 4.79 Å². The van der Waals surface area contributed by atoms with Gasteiger partial charge < -0.3 is 15.0 Å². The molecule has 0 fully saturated rings. The van der Waals surface area contributed by atoms with Gasteiger partial charge in [-0.1, -0.05) is 6.58 Å². The molecule has 0 aliphatic rings. The highest BCUT2D eigenvalue weighted by molar-refractivity contribution is 5.88. The van der Waals surface area contributed by atoms with Crippen molar-refractivity contribution in [2.24, 2.45) is 0 Å². The van der Waals surface area contributed by atoms with Crippen LogP contribution in [0.15, 0.2) is 12.2 Å². The van der Waals surface area contributed by atoms with Crippen LogP contribution in [0.5, 0.6) is 0 Å². The van der Waals surface area contributed by atoms with Crippen LogP contribution in [0.3, 0.4) is 0 Å². The molecule has 0 spiro atoms. The van der Waals surface area contributed by atoms with Crippen molar-refractivity contribution in [2.75, 3.05) is 32.8 Å². The molecule has 1 amide bonds. The monoisotopic (exact) mass is 242 g/mol. The van der Waals surface area contributed by atoms with E-state index in [4.69, 9.17) is 4.74 Å². The molecule has 1 N–H and O–H groups in total. The number of carbonyl (C=O) groups is 2. The summed E-state index contributed by atoms with van der Waals surface area (Å²) in [6, 6.07) is 0. The normalized spacial score (nSPS) is 9.82. The van der Waals surface area contributed by atoms with Gasteiger partial charge in [-0.2, -0.15) is 0 Å². The lowest BCUT2D eigenvalue weighted by molar-refractivity contribution is -0.138. The fourth-order valence-electron chi connectivity index (χ4n) is 1.31. The van der Waals surface area contributed by atoms with Crippen molar-refractivity contribution in [1.82, 2.24) is 10.2 Å². The van der Waals surface area contributed by atoms with Crippen molar-refractivity contribution in [2.45, 2.75) is 20.8 Å². The largest absolute Gasteiger partial charge is 0.463 e.